The lowest BCUT2D eigenvalue weighted by atomic mass is 10.1. The summed E-state index contributed by atoms with van der Waals surface area (Å²) in [6.45, 7) is 1.63. The van der Waals surface area contributed by atoms with E-state index in [0.717, 1.165) is 0 Å². The van der Waals surface area contributed by atoms with Gasteiger partial charge < -0.3 is 20.3 Å². The van der Waals surface area contributed by atoms with Crippen LogP contribution >= 0.6 is 0 Å². The predicted molar refractivity (Wildman–Crippen MR) is 85.2 cm³/mol. The van der Waals surface area contributed by atoms with Crippen LogP contribution in [0.5, 0.6) is 0 Å². The maximum Gasteiger partial charge on any atom is 0.328 e. The van der Waals surface area contributed by atoms with E-state index in [-0.39, 0.29) is 24.4 Å². The largest absolute Gasteiger partial charge is 0.467 e. The van der Waals surface area contributed by atoms with E-state index in [1.165, 1.54) is 18.9 Å². The molecule has 1 aromatic rings. The molecule has 24 heavy (non-hydrogen) atoms. The Morgan fingerprint density at radius 1 is 1.25 bits per heavy atom. The highest BCUT2D eigenvalue weighted by Crippen LogP contribution is 2.20. The molecule has 0 spiro atoms. The van der Waals surface area contributed by atoms with Crippen LogP contribution < -0.4 is 10.6 Å². The Morgan fingerprint density at radius 3 is 2.46 bits per heavy atom. The van der Waals surface area contributed by atoms with Gasteiger partial charge in [0, 0.05) is 37.2 Å². The van der Waals surface area contributed by atoms with Crippen LogP contribution in [-0.2, 0) is 19.1 Å². The second-order valence-electron chi connectivity index (χ2n) is 5.46. The van der Waals surface area contributed by atoms with Crippen LogP contribution in [-0.4, -0.2) is 54.8 Å². The Bertz CT molecular complexity index is 644. The van der Waals surface area contributed by atoms with Crippen LogP contribution in [0.15, 0.2) is 24.3 Å². The number of esters is 1. The molecule has 0 aromatic heterocycles. The molecular weight excluding hydrogens is 314 g/mol. The number of benzene rings is 1. The third kappa shape index (κ3) is 3.89. The monoisotopic (exact) mass is 333 g/mol. The van der Waals surface area contributed by atoms with Crippen LogP contribution in [0.1, 0.15) is 23.7 Å². The van der Waals surface area contributed by atoms with Gasteiger partial charge in [-0.25, -0.2) is 4.79 Å². The van der Waals surface area contributed by atoms with Gasteiger partial charge >= 0.3 is 5.97 Å². The number of ether oxygens (including phenoxy) is 1. The van der Waals surface area contributed by atoms with Crippen LogP contribution in [0.2, 0.25) is 0 Å². The fourth-order valence-electron chi connectivity index (χ4n) is 2.70. The summed E-state index contributed by atoms with van der Waals surface area (Å²) in [5.74, 6) is -1.05. The molecule has 0 unspecified atom stereocenters. The zero-order chi connectivity index (χ0) is 17.7. The first-order valence-electron chi connectivity index (χ1n) is 7.42. The molecule has 0 radical (unpaired) electrons. The van der Waals surface area contributed by atoms with Crippen molar-refractivity contribution in [3.8, 4) is 0 Å². The maximum absolute atomic E-state index is 12.3. The summed E-state index contributed by atoms with van der Waals surface area (Å²) < 4.78 is 4.71. The summed E-state index contributed by atoms with van der Waals surface area (Å²) in [6.07, 6.45) is 0.861. The molecule has 128 valence electrons. The number of carbonyl (C=O) groups excluding carboxylic acids is 4. The van der Waals surface area contributed by atoms with E-state index in [1.54, 1.807) is 24.3 Å². The van der Waals surface area contributed by atoms with E-state index in [0.29, 0.717) is 24.1 Å². The summed E-state index contributed by atoms with van der Waals surface area (Å²) in [5.41, 5.74) is 0.998. The molecule has 1 aromatic carbocycles. The number of anilines is 1. The number of likely N-dealkylation sites (tertiary alicyclic amines) is 1. The van der Waals surface area contributed by atoms with Gasteiger partial charge in [-0.1, -0.05) is 0 Å². The highest BCUT2D eigenvalue weighted by molar-refractivity contribution is 5.95. The van der Waals surface area contributed by atoms with E-state index in [9.17, 15) is 19.2 Å². The van der Waals surface area contributed by atoms with Gasteiger partial charge in [0.1, 0.15) is 6.04 Å². The average molecular weight is 333 g/mol. The first-order chi connectivity index (χ1) is 11.5. The molecular formula is C16H19N3O5. The topological polar surface area (TPSA) is 105 Å². The van der Waals surface area contributed by atoms with Gasteiger partial charge in [0.25, 0.3) is 5.91 Å². The van der Waals surface area contributed by atoms with Crippen LogP contribution in [0.3, 0.4) is 0 Å². The van der Waals surface area contributed by atoms with Gasteiger partial charge in [0.15, 0.2) is 0 Å². The van der Waals surface area contributed by atoms with Crippen molar-refractivity contribution in [3.05, 3.63) is 29.8 Å². The van der Waals surface area contributed by atoms with Crippen LogP contribution in [0, 0.1) is 0 Å². The SMILES string of the molecule is COC(=O)[C@@H]1C[C@H](NC(=O)c2ccc(NC=O)cc2)CN1C(C)=O. The van der Waals surface area contributed by atoms with E-state index in [1.807, 2.05) is 0 Å². The number of nitrogens with zero attached hydrogens (tertiary/aromatic N) is 1. The van der Waals surface area contributed by atoms with Crippen molar-refractivity contribution >= 4 is 29.9 Å². The van der Waals surface area contributed by atoms with Gasteiger partial charge in [-0.05, 0) is 24.3 Å². The summed E-state index contributed by atoms with van der Waals surface area (Å²) in [7, 11) is 1.27. The third-order valence-corrected chi connectivity index (χ3v) is 3.89. The van der Waals surface area contributed by atoms with Gasteiger partial charge in [-0.2, -0.15) is 0 Å². The summed E-state index contributed by atoms with van der Waals surface area (Å²) in [6, 6.07) is 5.36. The fraction of sp³-hybridized carbons (Fsp3) is 0.375. The molecule has 2 N–H and O–H groups in total. The molecule has 2 atom stereocenters. The van der Waals surface area contributed by atoms with Crippen LogP contribution in [0.25, 0.3) is 0 Å². The molecule has 0 saturated carbocycles. The van der Waals surface area contributed by atoms with E-state index in [2.05, 4.69) is 10.6 Å². The fourth-order valence-corrected chi connectivity index (χ4v) is 2.70. The van der Waals surface area contributed by atoms with E-state index in [4.69, 9.17) is 4.74 Å². The van der Waals surface area contributed by atoms with Crippen molar-refractivity contribution in [2.45, 2.75) is 25.4 Å². The molecule has 0 bridgehead atoms. The first-order valence-corrected chi connectivity index (χ1v) is 7.42. The summed E-state index contributed by atoms with van der Waals surface area (Å²) in [4.78, 5) is 47.4. The van der Waals surface area contributed by atoms with Crippen molar-refractivity contribution in [3.63, 3.8) is 0 Å². The quantitative estimate of drug-likeness (QED) is 0.589. The smallest absolute Gasteiger partial charge is 0.328 e. The Morgan fingerprint density at radius 2 is 1.92 bits per heavy atom. The zero-order valence-electron chi connectivity index (χ0n) is 13.4. The van der Waals surface area contributed by atoms with Gasteiger partial charge in [0.2, 0.25) is 12.3 Å². The Hall–Kier alpha value is -2.90. The highest BCUT2D eigenvalue weighted by atomic mass is 16.5. The predicted octanol–water partition coefficient (Wildman–Crippen LogP) is 0.147. The highest BCUT2D eigenvalue weighted by Gasteiger charge is 2.39. The number of amides is 3. The lowest BCUT2D eigenvalue weighted by molar-refractivity contribution is -0.150. The molecule has 1 aliphatic rings. The number of hydrogen-bond acceptors (Lipinski definition) is 5. The molecule has 1 saturated heterocycles. The Balaban J connectivity index is 2.02. The molecule has 8 nitrogen and oxygen atoms in total. The lowest BCUT2D eigenvalue weighted by Crippen LogP contribution is -2.40. The number of nitrogens with one attached hydrogen (secondary N) is 2. The van der Waals surface area contributed by atoms with E-state index >= 15 is 0 Å². The molecule has 3 amide bonds. The number of carbonyl (C=O) groups is 4. The second kappa shape index (κ2) is 7.58. The van der Waals surface area contributed by atoms with E-state index < -0.39 is 12.0 Å². The Labute approximate surface area is 139 Å². The van der Waals surface area contributed by atoms with Crippen LogP contribution in [0.4, 0.5) is 5.69 Å². The minimum Gasteiger partial charge on any atom is -0.467 e. The maximum atomic E-state index is 12.3. The van der Waals surface area contributed by atoms with Crippen molar-refractivity contribution in [2.75, 3.05) is 19.0 Å². The third-order valence-electron chi connectivity index (χ3n) is 3.89. The van der Waals surface area contributed by atoms with Crippen molar-refractivity contribution < 1.29 is 23.9 Å². The molecule has 1 fully saturated rings. The Kier molecular flexibility index (Phi) is 5.51. The molecule has 2 rings (SSSR count). The lowest BCUT2D eigenvalue weighted by Gasteiger charge is -2.20. The standard InChI is InChI=1S/C16H19N3O5/c1-10(21)19-8-13(7-14(19)16(23)24-2)18-15(22)11-3-5-12(6-4-11)17-9-20/h3-6,9,13-14H,7-8H2,1-2H3,(H,17,20)(H,18,22)/t13-,14-/m0/s1. The minimum atomic E-state index is -0.683. The number of rotatable bonds is 5. The first kappa shape index (κ1) is 17.5. The van der Waals surface area contributed by atoms with Crippen molar-refractivity contribution in [1.82, 2.24) is 10.2 Å². The van der Waals surface area contributed by atoms with Crippen molar-refractivity contribution in [1.29, 1.82) is 0 Å². The second-order valence-corrected chi connectivity index (χ2v) is 5.46. The molecule has 1 aliphatic heterocycles. The average Bonchev–Trinajstić information content (AvgIpc) is 2.99. The van der Waals surface area contributed by atoms with Gasteiger partial charge in [-0.15, -0.1) is 0 Å². The molecule has 1 heterocycles. The number of hydrogen-bond donors (Lipinski definition) is 2. The van der Waals surface area contributed by atoms with Crippen molar-refractivity contribution in [2.24, 2.45) is 0 Å². The van der Waals surface area contributed by atoms with Gasteiger partial charge in [-0.3, -0.25) is 14.4 Å². The zero-order valence-corrected chi connectivity index (χ0v) is 13.4. The minimum absolute atomic E-state index is 0.244. The number of methoxy groups -OCH3 is 1. The summed E-state index contributed by atoms with van der Waals surface area (Å²) in [5, 5.41) is 5.29. The molecule has 8 heteroatoms. The molecule has 0 aliphatic carbocycles. The summed E-state index contributed by atoms with van der Waals surface area (Å²) >= 11 is 0. The normalized spacial score (nSPS) is 19.5. The van der Waals surface area contributed by atoms with Gasteiger partial charge in [0.05, 0.1) is 7.11 Å².